The minimum absolute atomic E-state index is 0.367. The Morgan fingerprint density at radius 1 is 0.724 bits per heavy atom. The van der Waals surface area contributed by atoms with Gasteiger partial charge in [0.15, 0.2) is 0 Å². The number of benzene rings is 3. The van der Waals surface area contributed by atoms with E-state index in [9.17, 15) is 0 Å². The molecule has 0 saturated heterocycles. The molecular weight excluding hydrogens is 434 g/mol. The van der Waals surface area contributed by atoms with E-state index in [-0.39, 0.29) is 7.92 Å². The molecule has 0 fully saturated rings. The Morgan fingerprint density at radius 3 is 1.83 bits per heavy atom. The number of allylic oxidation sites excluding steroid dienone is 2. The van der Waals surface area contributed by atoms with Crippen molar-refractivity contribution in [2.45, 2.75) is 39.0 Å². The van der Waals surface area contributed by atoms with Gasteiger partial charge in [-0.25, -0.2) is 0 Å². The summed E-state index contributed by atoms with van der Waals surface area (Å²) >= 11 is 0.399. The first-order valence-corrected chi connectivity index (χ1v) is 13.9. The molecule has 0 nitrogen and oxygen atoms in total. The Kier molecular flexibility index (Phi) is 9.74. The van der Waals surface area contributed by atoms with Crippen molar-refractivity contribution in [3.63, 3.8) is 0 Å². The van der Waals surface area contributed by atoms with E-state index in [1.807, 2.05) is 0 Å². The van der Waals surface area contributed by atoms with E-state index in [1.165, 1.54) is 53.3 Å². The average molecular weight is 465 g/mol. The molecular formula is C27H31PSe. The molecule has 0 saturated carbocycles. The van der Waals surface area contributed by atoms with Crippen molar-refractivity contribution < 1.29 is 0 Å². The van der Waals surface area contributed by atoms with Crippen molar-refractivity contribution in [1.29, 1.82) is 0 Å². The van der Waals surface area contributed by atoms with Crippen LogP contribution in [0.3, 0.4) is 0 Å². The minimum atomic E-state index is -0.367. The van der Waals surface area contributed by atoms with Crippen LogP contribution in [0.2, 0.25) is 0 Å². The molecule has 0 aliphatic heterocycles. The van der Waals surface area contributed by atoms with Crippen molar-refractivity contribution in [1.82, 2.24) is 0 Å². The number of hydrogen-bond donors (Lipinski definition) is 0. The monoisotopic (exact) mass is 466 g/mol. The molecule has 0 heterocycles. The molecule has 0 aromatic heterocycles. The van der Waals surface area contributed by atoms with Gasteiger partial charge in [-0.2, -0.15) is 0 Å². The van der Waals surface area contributed by atoms with Crippen LogP contribution in [-0.2, 0) is 0 Å². The van der Waals surface area contributed by atoms with Gasteiger partial charge in [0, 0.05) is 0 Å². The fourth-order valence-electron chi connectivity index (χ4n) is 3.32. The molecule has 0 N–H and O–H groups in total. The van der Waals surface area contributed by atoms with E-state index in [0.29, 0.717) is 15.0 Å². The van der Waals surface area contributed by atoms with E-state index in [0.717, 1.165) is 0 Å². The van der Waals surface area contributed by atoms with Crippen molar-refractivity contribution >= 4 is 37.9 Å². The standard InChI is InChI=1S/C27H31PSe/c1-2-3-4-5-13-22-27(29-26-20-14-8-15-21-26)23-28(24-16-9-6-10-17-24)25-18-11-7-12-19-25/h6-12,14-22H,2-5,13,23H2,1H3/b27-22-. The molecule has 3 aromatic carbocycles. The topological polar surface area (TPSA) is 0 Å². The third kappa shape index (κ3) is 7.60. The summed E-state index contributed by atoms with van der Waals surface area (Å²) in [5, 5.41) is 2.96. The summed E-state index contributed by atoms with van der Waals surface area (Å²) in [5.74, 6) is 0. The second-order valence-electron chi connectivity index (χ2n) is 7.19. The molecule has 0 atom stereocenters. The first-order valence-electron chi connectivity index (χ1n) is 10.7. The fourth-order valence-corrected chi connectivity index (χ4v) is 8.44. The summed E-state index contributed by atoms with van der Waals surface area (Å²) in [6, 6.07) is 33.3. The number of rotatable bonds is 11. The Hall–Kier alpha value is -1.65. The second-order valence-corrected chi connectivity index (χ2v) is 11.9. The van der Waals surface area contributed by atoms with Gasteiger partial charge < -0.3 is 0 Å². The van der Waals surface area contributed by atoms with Crippen LogP contribution in [-0.4, -0.2) is 21.1 Å². The zero-order valence-electron chi connectivity index (χ0n) is 17.3. The van der Waals surface area contributed by atoms with Crippen molar-refractivity contribution in [2.24, 2.45) is 0 Å². The van der Waals surface area contributed by atoms with E-state index in [1.54, 1.807) is 4.47 Å². The maximum atomic E-state index is 2.57. The Bertz CT molecular complexity index is 804. The maximum absolute atomic E-state index is 2.57. The van der Waals surface area contributed by atoms with Gasteiger partial charge in [-0.05, 0) is 0 Å². The molecule has 2 heteroatoms. The molecule has 29 heavy (non-hydrogen) atoms. The third-order valence-electron chi connectivity index (χ3n) is 4.87. The normalized spacial score (nSPS) is 11.7. The molecule has 3 rings (SSSR count). The third-order valence-corrected chi connectivity index (χ3v) is 10.1. The van der Waals surface area contributed by atoms with Gasteiger partial charge in [-0.15, -0.1) is 0 Å². The molecule has 0 aliphatic rings. The van der Waals surface area contributed by atoms with Crippen molar-refractivity contribution in [2.75, 3.05) is 6.16 Å². The van der Waals surface area contributed by atoms with Crippen LogP contribution in [0.1, 0.15) is 39.0 Å². The summed E-state index contributed by atoms with van der Waals surface area (Å²) < 4.78 is 3.13. The quantitative estimate of drug-likeness (QED) is 0.185. The average Bonchev–Trinajstić information content (AvgIpc) is 2.79. The van der Waals surface area contributed by atoms with Gasteiger partial charge in [0.2, 0.25) is 0 Å². The fraction of sp³-hybridized carbons (Fsp3) is 0.259. The molecule has 0 radical (unpaired) electrons. The number of hydrogen-bond acceptors (Lipinski definition) is 0. The Morgan fingerprint density at radius 2 is 1.28 bits per heavy atom. The van der Waals surface area contributed by atoms with E-state index in [2.05, 4.69) is 104 Å². The van der Waals surface area contributed by atoms with Crippen LogP contribution in [0.15, 0.2) is 102 Å². The molecule has 0 amide bonds. The molecule has 3 aromatic rings. The van der Waals surface area contributed by atoms with Crippen LogP contribution in [0.25, 0.3) is 0 Å². The van der Waals surface area contributed by atoms with Crippen molar-refractivity contribution in [3.8, 4) is 0 Å². The predicted octanol–water partition coefficient (Wildman–Crippen LogP) is 6.00. The molecule has 0 bridgehead atoms. The van der Waals surface area contributed by atoms with Gasteiger partial charge in [0.25, 0.3) is 0 Å². The van der Waals surface area contributed by atoms with Crippen LogP contribution in [0.4, 0.5) is 0 Å². The Balaban J connectivity index is 1.82. The first kappa shape index (κ1) is 22.0. The van der Waals surface area contributed by atoms with Crippen LogP contribution < -0.4 is 15.1 Å². The van der Waals surface area contributed by atoms with E-state index < -0.39 is 0 Å². The van der Waals surface area contributed by atoms with E-state index >= 15 is 0 Å². The summed E-state index contributed by atoms with van der Waals surface area (Å²) in [4.78, 5) is 0. The van der Waals surface area contributed by atoms with Gasteiger partial charge in [-0.3, -0.25) is 0 Å². The number of unbranched alkanes of at least 4 members (excludes halogenated alkanes) is 4. The summed E-state index contributed by atoms with van der Waals surface area (Å²) in [6.45, 7) is 2.28. The first-order chi connectivity index (χ1) is 14.4. The van der Waals surface area contributed by atoms with E-state index in [4.69, 9.17) is 0 Å². The predicted molar refractivity (Wildman–Crippen MR) is 133 cm³/mol. The summed E-state index contributed by atoms with van der Waals surface area (Å²) in [5.41, 5.74) is 0. The van der Waals surface area contributed by atoms with Gasteiger partial charge >= 0.3 is 185 Å². The zero-order chi connectivity index (χ0) is 20.2. The van der Waals surface area contributed by atoms with Gasteiger partial charge in [0.05, 0.1) is 0 Å². The van der Waals surface area contributed by atoms with Gasteiger partial charge in [-0.1, -0.05) is 0 Å². The van der Waals surface area contributed by atoms with Crippen LogP contribution >= 0.6 is 7.92 Å². The van der Waals surface area contributed by atoms with Crippen molar-refractivity contribution in [3.05, 3.63) is 102 Å². The Labute approximate surface area is 184 Å². The second kappa shape index (κ2) is 12.8. The zero-order valence-corrected chi connectivity index (χ0v) is 19.9. The van der Waals surface area contributed by atoms with Crippen LogP contribution in [0.5, 0.6) is 0 Å². The molecule has 0 aliphatic carbocycles. The SMILES string of the molecule is CCCCCC/C=C(/CP(c1ccccc1)c1ccccc1)[Se]c1ccccc1. The summed E-state index contributed by atoms with van der Waals surface area (Å²) in [6.07, 6.45) is 10.3. The van der Waals surface area contributed by atoms with Gasteiger partial charge in [0.1, 0.15) is 0 Å². The molecule has 0 unspecified atom stereocenters. The van der Waals surface area contributed by atoms with Crippen LogP contribution in [0, 0.1) is 0 Å². The summed E-state index contributed by atoms with van der Waals surface area (Å²) in [7, 11) is -0.367. The molecule has 0 spiro atoms. The molecule has 150 valence electrons.